The molecule has 0 amide bonds. The monoisotopic (exact) mass is 746 g/mol. The largest absolute Gasteiger partial charge is 0.491 e. The van der Waals surface area contributed by atoms with Crippen LogP contribution in [0.1, 0.15) is 123 Å². The van der Waals surface area contributed by atoms with E-state index in [2.05, 4.69) is 109 Å². The highest BCUT2D eigenvalue weighted by Gasteiger charge is 2.66. The Morgan fingerprint density at radius 2 is 1.61 bits per heavy atom. The number of ether oxygens (including phenoxy) is 3. The zero-order valence-corrected chi connectivity index (χ0v) is 37.4. The normalized spacial score (nSPS) is 34.0. The predicted molar refractivity (Wildman–Crippen MR) is 211 cm³/mol. The smallest absolute Gasteiger partial charge is 0.337 e. The lowest BCUT2D eigenvalue weighted by atomic mass is 9.63. The average molecular weight is 747 g/mol. The lowest BCUT2D eigenvalue weighted by molar-refractivity contribution is -0.154. The molecule has 3 aliphatic carbocycles. The van der Waals surface area contributed by atoms with Crippen molar-refractivity contribution in [2.45, 2.75) is 175 Å². The van der Waals surface area contributed by atoms with Gasteiger partial charge in [0.2, 0.25) is 8.32 Å². The highest BCUT2D eigenvalue weighted by molar-refractivity contribution is 6.77. The van der Waals surface area contributed by atoms with Gasteiger partial charge in [-0.25, -0.2) is 4.79 Å². The van der Waals surface area contributed by atoms with Gasteiger partial charge in [0.1, 0.15) is 17.5 Å². The first-order valence-electron chi connectivity index (χ1n) is 20.2. The minimum atomic E-state index is -2.27. The minimum Gasteiger partial charge on any atom is -0.491 e. The second kappa shape index (κ2) is 15.4. The van der Waals surface area contributed by atoms with Crippen LogP contribution in [0, 0.1) is 41.4 Å². The molecule has 1 aliphatic heterocycles. The molecule has 0 aromatic carbocycles. The van der Waals surface area contributed by atoms with Gasteiger partial charge in [0.25, 0.3) is 0 Å². The first kappa shape index (κ1) is 42.3. The standard InChI is InChI=1S/C42H74O7Si2/c1-18-33-37(40(44)45-15)36-32(42(14,48-33)20-19-21-46-50(16,17)41(11,12)13)23-30-27(8)22-31-35(34(30)36)39(47-29(10)43)28(9)38(31)49-51(24(2)3,25(4)5)26(6)7/h22,24-26,28,30-32,34-36,38-39H,18-21,23H2,1-17H3/t28-,30-,31+,32+,34-,35-,36+,38-,39-,42-/m0/s1. The topological polar surface area (TPSA) is 80.3 Å². The number of rotatable bonds is 13. The van der Waals surface area contributed by atoms with Crippen LogP contribution in [0.3, 0.4) is 0 Å². The molecule has 7 nitrogen and oxygen atoms in total. The van der Waals surface area contributed by atoms with E-state index in [1.165, 1.54) is 19.6 Å². The third-order valence-corrected chi connectivity index (χ3v) is 25.1. The van der Waals surface area contributed by atoms with Crippen LogP contribution in [0.4, 0.5) is 0 Å². The van der Waals surface area contributed by atoms with Crippen LogP contribution in [0.25, 0.3) is 0 Å². The molecule has 2 fully saturated rings. The zero-order valence-electron chi connectivity index (χ0n) is 35.4. The summed E-state index contributed by atoms with van der Waals surface area (Å²) in [5.74, 6) is 0.731. The quantitative estimate of drug-likeness (QED) is 0.0803. The average Bonchev–Trinajstić information content (AvgIpc) is 3.53. The van der Waals surface area contributed by atoms with Gasteiger partial charge in [-0.15, -0.1) is 0 Å². The van der Waals surface area contributed by atoms with Crippen molar-refractivity contribution in [3.8, 4) is 0 Å². The summed E-state index contributed by atoms with van der Waals surface area (Å²) < 4.78 is 33.3. The second-order valence-corrected chi connectivity index (χ2v) is 29.5. The maximum atomic E-state index is 13.9. The third-order valence-electron chi connectivity index (χ3n) is 14.5. The molecular formula is C42H74O7Si2. The van der Waals surface area contributed by atoms with Crippen molar-refractivity contribution in [3.05, 3.63) is 23.0 Å². The van der Waals surface area contributed by atoms with Crippen molar-refractivity contribution in [1.82, 2.24) is 0 Å². The number of methoxy groups -OCH3 is 1. The van der Waals surface area contributed by atoms with Gasteiger partial charge in [-0.1, -0.05) is 87.8 Å². The summed E-state index contributed by atoms with van der Waals surface area (Å²) >= 11 is 0. The molecule has 9 heteroatoms. The van der Waals surface area contributed by atoms with Crippen LogP contribution in [0.15, 0.2) is 23.0 Å². The number of fused-ring (bicyclic) bond motifs is 5. The highest BCUT2D eigenvalue weighted by atomic mass is 28.4. The Hall–Kier alpha value is -1.43. The summed E-state index contributed by atoms with van der Waals surface area (Å²) in [5, 5.41) is 0.151. The van der Waals surface area contributed by atoms with E-state index in [0.717, 1.165) is 25.0 Å². The molecule has 4 rings (SSSR count). The molecule has 0 N–H and O–H groups in total. The van der Waals surface area contributed by atoms with Gasteiger partial charge in [0.15, 0.2) is 8.32 Å². The first-order valence-corrected chi connectivity index (χ1v) is 25.2. The van der Waals surface area contributed by atoms with E-state index in [-0.39, 0.29) is 70.6 Å². The van der Waals surface area contributed by atoms with Crippen molar-refractivity contribution >= 4 is 28.6 Å². The van der Waals surface area contributed by atoms with Gasteiger partial charge >= 0.3 is 11.9 Å². The fourth-order valence-corrected chi connectivity index (χ4v) is 17.9. The Labute approximate surface area is 313 Å². The van der Waals surface area contributed by atoms with Gasteiger partial charge < -0.3 is 23.1 Å². The number of hydrogen-bond donors (Lipinski definition) is 0. The molecule has 0 spiro atoms. The Morgan fingerprint density at radius 1 is 1.02 bits per heavy atom. The Balaban J connectivity index is 1.82. The number of carbonyl (C=O) groups excluding carboxylic acids is 2. The van der Waals surface area contributed by atoms with Crippen molar-refractivity contribution in [3.63, 3.8) is 0 Å². The lowest BCUT2D eigenvalue weighted by Gasteiger charge is -2.48. The molecule has 10 atom stereocenters. The zero-order chi connectivity index (χ0) is 38.6. The molecule has 0 aromatic rings. The Morgan fingerprint density at radius 3 is 2.10 bits per heavy atom. The van der Waals surface area contributed by atoms with E-state index in [1.807, 2.05) is 0 Å². The van der Waals surface area contributed by atoms with Gasteiger partial charge in [0.05, 0.1) is 18.8 Å². The van der Waals surface area contributed by atoms with Gasteiger partial charge in [-0.05, 0) is 79.7 Å². The lowest BCUT2D eigenvalue weighted by Crippen LogP contribution is -2.52. The molecule has 0 radical (unpaired) electrons. The number of allylic oxidation sites excluding steroid dienone is 2. The maximum absolute atomic E-state index is 13.9. The van der Waals surface area contributed by atoms with Crippen molar-refractivity contribution < 1.29 is 32.7 Å². The van der Waals surface area contributed by atoms with Crippen molar-refractivity contribution in [1.29, 1.82) is 0 Å². The van der Waals surface area contributed by atoms with Crippen LogP contribution in [0.2, 0.25) is 34.8 Å². The summed E-state index contributed by atoms with van der Waals surface area (Å²) in [5.41, 5.74) is 2.92. The second-order valence-electron chi connectivity index (χ2n) is 19.3. The molecule has 2 saturated carbocycles. The molecule has 0 aromatic heterocycles. The SMILES string of the molecule is CCC1=C(C(=O)OC)[C@H]2[C@@H]3[C@@H]4[C@@H](C=C(C)[C@@H]3C[C@H]2[C@](C)(CCCO[Si](C)(C)C(C)(C)C)O1)[C@@H](O[Si](C(C)C)(C(C)C)C(C)C)[C@H](C)[C@@H]4OC(C)=O. The van der Waals surface area contributed by atoms with E-state index in [9.17, 15) is 9.59 Å². The van der Waals surface area contributed by atoms with Crippen LogP contribution in [-0.4, -0.2) is 60.1 Å². The summed E-state index contributed by atoms with van der Waals surface area (Å²) in [6.07, 6.45) is 5.39. The van der Waals surface area contributed by atoms with E-state index in [4.69, 9.17) is 23.1 Å². The number of hydrogen-bond acceptors (Lipinski definition) is 7. The Bertz CT molecular complexity index is 1320. The molecule has 0 saturated heterocycles. The Kier molecular flexibility index (Phi) is 12.8. The summed E-state index contributed by atoms with van der Waals surface area (Å²) in [6, 6.07) is 0. The van der Waals surface area contributed by atoms with Crippen LogP contribution < -0.4 is 0 Å². The number of esters is 2. The molecule has 0 bridgehead atoms. The number of carbonyl (C=O) groups is 2. The van der Waals surface area contributed by atoms with E-state index >= 15 is 0 Å². The molecule has 1 heterocycles. The molecule has 51 heavy (non-hydrogen) atoms. The van der Waals surface area contributed by atoms with Gasteiger partial charge in [-0.3, -0.25) is 4.79 Å². The first-order chi connectivity index (χ1) is 23.5. The van der Waals surface area contributed by atoms with E-state index < -0.39 is 22.2 Å². The summed E-state index contributed by atoms with van der Waals surface area (Å²) in [7, 11) is -2.67. The van der Waals surface area contributed by atoms with Gasteiger partial charge in [0, 0.05) is 49.5 Å². The van der Waals surface area contributed by atoms with Crippen LogP contribution in [-0.2, 0) is 32.7 Å². The van der Waals surface area contributed by atoms with E-state index in [0.29, 0.717) is 35.2 Å². The molecule has 292 valence electrons. The fourth-order valence-electron chi connectivity index (χ4n) is 11.2. The molecule has 0 unspecified atom stereocenters. The van der Waals surface area contributed by atoms with Crippen molar-refractivity contribution in [2.75, 3.05) is 13.7 Å². The summed E-state index contributed by atoms with van der Waals surface area (Å²) in [6.45, 7) is 36.6. The maximum Gasteiger partial charge on any atom is 0.337 e. The van der Waals surface area contributed by atoms with E-state index in [1.54, 1.807) is 0 Å². The third kappa shape index (κ3) is 7.49. The molecular weight excluding hydrogens is 673 g/mol. The van der Waals surface area contributed by atoms with Gasteiger partial charge in [-0.2, -0.15) is 0 Å². The molecule has 4 aliphatic rings. The summed E-state index contributed by atoms with van der Waals surface area (Å²) in [4.78, 5) is 26.8. The van der Waals surface area contributed by atoms with Crippen molar-refractivity contribution in [2.24, 2.45) is 41.4 Å². The van der Waals surface area contributed by atoms with Crippen LogP contribution >= 0.6 is 0 Å². The predicted octanol–water partition coefficient (Wildman–Crippen LogP) is 10.6. The minimum absolute atomic E-state index is 0.0174. The van der Waals surface area contributed by atoms with Crippen LogP contribution in [0.5, 0.6) is 0 Å². The highest BCUT2D eigenvalue weighted by Crippen LogP contribution is 2.66. The fraction of sp³-hybridized carbons (Fsp3) is 0.857.